The smallest absolute Gasteiger partial charge is 0.242 e. The summed E-state index contributed by atoms with van der Waals surface area (Å²) in [6, 6.07) is 10.9. The lowest BCUT2D eigenvalue weighted by Gasteiger charge is -2.35. The fourth-order valence-electron chi connectivity index (χ4n) is 3.26. The predicted octanol–water partition coefficient (Wildman–Crippen LogP) is 3.53. The molecule has 1 aromatic heterocycles. The van der Waals surface area contributed by atoms with Gasteiger partial charge in [0.2, 0.25) is 5.91 Å². The molecule has 0 radical (unpaired) electrons. The number of carbonyl (C=O) groups is 1. The fourth-order valence-corrected chi connectivity index (χ4v) is 4.34. The molecule has 1 saturated carbocycles. The molecule has 1 aliphatic carbocycles. The molecular formula is C19H24Cl2FN3OS. The van der Waals surface area contributed by atoms with Crippen molar-refractivity contribution in [1.29, 1.82) is 0 Å². The zero-order valence-corrected chi connectivity index (χ0v) is 17.3. The van der Waals surface area contributed by atoms with Gasteiger partial charge in [-0.05, 0) is 31.0 Å². The van der Waals surface area contributed by atoms with Crippen LogP contribution in [0.4, 0.5) is 4.39 Å². The van der Waals surface area contributed by atoms with Gasteiger partial charge < -0.3 is 10.6 Å². The number of hydrogen-bond donors (Lipinski definition) is 1. The lowest BCUT2D eigenvalue weighted by Crippen LogP contribution is -2.53. The molecule has 0 spiro atoms. The average molecular weight is 432 g/mol. The molecule has 1 amide bonds. The van der Waals surface area contributed by atoms with Gasteiger partial charge in [-0.3, -0.25) is 9.69 Å². The van der Waals surface area contributed by atoms with Crippen molar-refractivity contribution in [3.63, 3.8) is 0 Å². The van der Waals surface area contributed by atoms with E-state index in [9.17, 15) is 9.18 Å². The first kappa shape index (κ1) is 22.1. The van der Waals surface area contributed by atoms with Crippen LogP contribution in [0, 0.1) is 5.82 Å². The predicted molar refractivity (Wildman–Crippen MR) is 112 cm³/mol. The SMILES string of the molecule is Cl.Cl.NC1(C(=O)N2CCN(Cc3ccc(-c4ccccc4F)s3)CC2)CC1. The van der Waals surface area contributed by atoms with E-state index in [1.807, 2.05) is 23.1 Å². The van der Waals surface area contributed by atoms with E-state index in [4.69, 9.17) is 5.73 Å². The van der Waals surface area contributed by atoms with Gasteiger partial charge in [-0.2, -0.15) is 0 Å². The number of hydrogen-bond acceptors (Lipinski definition) is 4. The molecule has 0 unspecified atom stereocenters. The first-order chi connectivity index (χ1) is 12.0. The number of benzene rings is 1. The van der Waals surface area contributed by atoms with Gasteiger partial charge in [-0.15, -0.1) is 36.2 Å². The van der Waals surface area contributed by atoms with Crippen LogP contribution in [0.15, 0.2) is 36.4 Å². The van der Waals surface area contributed by atoms with Crippen molar-refractivity contribution in [3.05, 3.63) is 47.1 Å². The Bertz CT molecular complexity index is 789. The summed E-state index contributed by atoms with van der Waals surface area (Å²) < 4.78 is 13.9. The van der Waals surface area contributed by atoms with Gasteiger partial charge in [0.15, 0.2) is 0 Å². The van der Waals surface area contributed by atoms with Gasteiger partial charge in [0.1, 0.15) is 5.82 Å². The minimum Gasteiger partial charge on any atom is -0.339 e. The minimum atomic E-state index is -0.565. The number of thiophene rings is 1. The summed E-state index contributed by atoms with van der Waals surface area (Å²) in [7, 11) is 0. The molecule has 4 nitrogen and oxygen atoms in total. The van der Waals surface area contributed by atoms with Gasteiger partial charge in [-0.25, -0.2) is 4.39 Å². The Labute approximate surface area is 175 Å². The normalized spacial score (nSPS) is 18.4. The molecule has 1 aromatic carbocycles. The number of piperazine rings is 1. The van der Waals surface area contributed by atoms with Gasteiger partial charge in [-0.1, -0.05) is 18.2 Å². The van der Waals surface area contributed by atoms with Gasteiger partial charge in [0, 0.05) is 48.0 Å². The molecule has 2 aromatic rings. The molecule has 1 aliphatic heterocycles. The Balaban J connectivity index is 0.00000131. The standard InChI is InChI=1S/C19H22FN3OS.2ClH/c20-16-4-2-1-3-15(16)17-6-5-14(25-17)13-22-9-11-23(12-10-22)18(24)19(21)7-8-19;;/h1-6H,7-13,21H2;2*1H. The van der Waals surface area contributed by atoms with Crippen molar-refractivity contribution >= 4 is 42.1 Å². The van der Waals surface area contributed by atoms with Gasteiger partial charge in [0.25, 0.3) is 0 Å². The molecule has 1 saturated heterocycles. The molecule has 148 valence electrons. The summed E-state index contributed by atoms with van der Waals surface area (Å²) in [6.07, 6.45) is 1.64. The van der Waals surface area contributed by atoms with Crippen LogP contribution >= 0.6 is 36.2 Å². The van der Waals surface area contributed by atoms with Crippen LogP contribution < -0.4 is 5.73 Å². The van der Waals surface area contributed by atoms with Crippen molar-refractivity contribution in [2.45, 2.75) is 24.9 Å². The zero-order chi connectivity index (χ0) is 17.4. The highest BCUT2D eigenvalue weighted by Gasteiger charge is 2.48. The van der Waals surface area contributed by atoms with E-state index in [2.05, 4.69) is 11.0 Å². The third kappa shape index (κ3) is 4.81. The average Bonchev–Trinajstić information content (AvgIpc) is 3.21. The highest BCUT2D eigenvalue weighted by atomic mass is 35.5. The molecule has 27 heavy (non-hydrogen) atoms. The van der Waals surface area contributed by atoms with Gasteiger partial charge >= 0.3 is 0 Å². The second-order valence-electron chi connectivity index (χ2n) is 6.97. The van der Waals surface area contributed by atoms with Crippen LogP contribution in [0.5, 0.6) is 0 Å². The number of halogens is 3. The second kappa shape index (κ2) is 8.88. The monoisotopic (exact) mass is 431 g/mol. The molecule has 0 bridgehead atoms. The number of carbonyl (C=O) groups excluding carboxylic acids is 1. The summed E-state index contributed by atoms with van der Waals surface area (Å²) >= 11 is 1.63. The Morgan fingerprint density at radius 3 is 2.37 bits per heavy atom. The number of nitrogens with two attached hydrogens (primary N) is 1. The van der Waals surface area contributed by atoms with Gasteiger partial charge in [0.05, 0.1) is 5.54 Å². The highest BCUT2D eigenvalue weighted by Crippen LogP contribution is 2.34. The number of amides is 1. The second-order valence-corrected chi connectivity index (χ2v) is 8.14. The van der Waals surface area contributed by atoms with Crippen molar-refractivity contribution in [1.82, 2.24) is 9.80 Å². The van der Waals surface area contributed by atoms with Crippen LogP contribution in [-0.2, 0) is 11.3 Å². The van der Waals surface area contributed by atoms with Crippen molar-refractivity contribution in [3.8, 4) is 10.4 Å². The summed E-state index contributed by atoms with van der Waals surface area (Å²) in [5, 5.41) is 0. The van der Waals surface area contributed by atoms with Crippen LogP contribution in [-0.4, -0.2) is 47.4 Å². The first-order valence-corrected chi connectivity index (χ1v) is 9.51. The summed E-state index contributed by atoms with van der Waals surface area (Å²) in [5.41, 5.74) is 6.11. The molecule has 2 heterocycles. The minimum absolute atomic E-state index is 0. The lowest BCUT2D eigenvalue weighted by atomic mass is 10.2. The Morgan fingerprint density at radius 2 is 1.74 bits per heavy atom. The maximum absolute atomic E-state index is 13.9. The third-order valence-electron chi connectivity index (χ3n) is 5.05. The fraction of sp³-hybridized carbons (Fsp3) is 0.421. The number of rotatable bonds is 4. The lowest BCUT2D eigenvalue weighted by molar-refractivity contribution is -0.135. The molecule has 8 heteroatoms. The molecule has 0 atom stereocenters. The molecular weight excluding hydrogens is 408 g/mol. The Morgan fingerprint density at radius 1 is 1.07 bits per heavy atom. The Hall–Kier alpha value is -1.18. The highest BCUT2D eigenvalue weighted by molar-refractivity contribution is 7.15. The van der Waals surface area contributed by atoms with E-state index >= 15 is 0 Å². The van der Waals surface area contributed by atoms with E-state index in [0.29, 0.717) is 5.56 Å². The molecule has 2 N–H and O–H groups in total. The zero-order valence-electron chi connectivity index (χ0n) is 14.9. The van der Waals surface area contributed by atoms with Crippen LogP contribution in [0.1, 0.15) is 17.7 Å². The van der Waals surface area contributed by atoms with Crippen molar-refractivity contribution in [2.24, 2.45) is 5.73 Å². The summed E-state index contributed by atoms with van der Waals surface area (Å²) in [6.45, 7) is 4.03. The quantitative estimate of drug-likeness (QED) is 0.804. The van der Waals surface area contributed by atoms with Crippen LogP contribution in [0.25, 0.3) is 10.4 Å². The van der Waals surface area contributed by atoms with E-state index in [1.165, 1.54) is 10.9 Å². The maximum Gasteiger partial charge on any atom is 0.242 e. The van der Waals surface area contributed by atoms with E-state index in [1.54, 1.807) is 17.4 Å². The summed E-state index contributed by atoms with van der Waals surface area (Å²) in [5.74, 6) is -0.0658. The van der Waals surface area contributed by atoms with E-state index in [-0.39, 0.29) is 36.5 Å². The molecule has 2 aliphatic rings. The topological polar surface area (TPSA) is 49.6 Å². The van der Waals surface area contributed by atoms with E-state index in [0.717, 1.165) is 50.4 Å². The maximum atomic E-state index is 13.9. The van der Waals surface area contributed by atoms with Crippen molar-refractivity contribution < 1.29 is 9.18 Å². The Kier molecular flexibility index (Phi) is 7.27. The first-order valence-electron chi connectivity index (χ1n) is 8.69. The molecule has 2 fully saturated rings. The summed E-state index contributed by atoms with van der Waals surface area (Å²) in [4.78, 5) is 18.7. The van der Waals surface area contributed by atoms with E-state index < -0.39 is 5.54 Å². The number of nitrogens with zero attached hydrogens (tertiary/aromatic N) is 2. The molecule has 4 rings (SSSR count). The van der Waals surface area contributed by atoms with Crippen LogP contribution in [0.2, 0.25) is 0 Å². The largest absolute Gasteiger partial charge is 0.339 e. The van der Waals surface area contributed by atoms with Crippen molar-refractivity contribution in [2.75, 3.05) is 26.2 Å². The third-order valence-corrected chi connectivity index (χ3v) is 6.16. The van der Waals surface area contributed by atoms with Crippen LogP contribution in [0.3, 0.4) is 0 Å².